The van der Waals surface area contributed by atoms with E-state index in [-0.39, 0.29) is 27.0 Å². The summed E-state index contributed by atoms with van der Waals surface area (Å²) in [4.78, 5) is 15.4. The Morgan fingerprint density at radius 1 is 1.17 bits per heavy atom. The van der Waals surface area contributed by atoms with Gasteiger partial charge in [0, 0.05) is 33.7 Å². The summed E-state index contributed by atoms with van der Waals surface area (Å²) in [5, 5.41) is 14.7. The van der Waals surface area contributed by atoms with Crippen LogP contribution in [0.1, 0.15) is 23.1 Å². The number of allylic oxidation sites excluding steroid dienone is 1. The predicted octanol–water partition coefficient (Wildman–Crippen LogP) is 6.46. The van der Waals surface area contributed by atoms with Gasteiger partial charge in [0.05, 0.1) is 10.6 Å². The molecule has 2 aromatic rings. The zero-order valence-corrected chi connectivity index (χ0v) is 16.3. The Balaban J connectivity index is 1.90. The Hall–Kier alpha value is -2.58. The molecule has 1 aliphatic rings. The summed E-state index contributed by atoms with van der Waals surface area (Å²) >= 11 is 11.7. The first-order valence-electron chi connectivity index (χ1n) is 8.23. The molecule has 0 spiro atoms. The number of alkyl halides is 3. The van der Waals surface area contributed by atoms with Gasteiger partial charge in [-0.3, -0.25) is 10.1 Å². The van der Waals surface area contributed by atoms with E-state index in [1.54, 1.807) is 19.1 Å². The maximum Gasteiger partial charge on any atom is 0.435 e. The molecule has 2 aromatic carbocycles. The van der Waals surface area contributed by atoms with Crippen molar-refractivity contribution >= 4 is 40.7 Å². The lowest BCUT2D eigenvalue weighted by Crippen LogP contribution is -2.42. The van der Waals surface area contributed by atoms with Crippen molar-refractivity contribution in [1.29, 1.82) is 0 Å². The molecular weight excluding hydrogens is 432 g/mol. The first-order chi connectivity index (χ1) is 13.5. The molecule has 0 amide bonds. The summed E-state index contributed by atoms with van der Waals surface area (Å²) in [6.45, 7) is 1.59. The Labute approximate surface area is 173 Å². The van der Waals surface area contributed by atoms with Gasteiger partial charge in [-0.1, -0.05) is 46.6 Å². The van der Waals surface area contributed by atoms with Crippen molar-refractivity contribution in [1.82, 2.24) is 0 Å². The van der Waals surface area contributed by atoms with Gasteiger partial charge < -0.3 is 4.84 Å². The average molecular weight is 445 g/mol. The standard InChI is InChI=1S/C19H13Cl2F3N2O3/c1-11-2-3-12(6-17(11)26(27)28)4-5-16-10-18(29-25-16,19(22,23)24)13-7-14(20)9-15(21)8-13/h2-9H,10H2,1H3/b5-4+. The van der Waals surface area contributed by atoms with Gasteiger partial charge in [0.1, 0.15) is 0 Å². The van der Waals surface area contributed by atoms with Crippen molar-refractivity contribution in [3.8, 4) is 0 Å². The Morgan fingerprint density at radius 3 is 2.41 bits per heavy atom. The van der Waals surface area contributed by atoms with E-state index in [0.717, 1.165) is 12.1 Å². The predicted molar refractivity (Wildman–Crippen MR) is 104 cm³/mol. The highest BCUT2D eigenvalue weighted by molar-refractivity contribution is 6.34. The highest BCUT2D eigenvalue weighted by Gasteiger charge is 2.62. The Kier molecular flexibility index (Phi) is 5.60. The van der Waals surface area contributed by atoms with Crippen molar-refractivity contribution in [3.63, 3.8) is 0 Å². The van der Waals surface area contributed by atoms with Crippen molar-refractivity contribution in [2.45, 2.75) is 25.1 Å². The smallest absolute Gasteiger partial charge is 0.374 e. The van der Waals surface area contributed by atoms with Crippen LogP contribution in [0.5, 0.6) is 0 Å². The van der Waals surface area contributed by atoms with Gasteiger partial charge in [-0.05, 0) is 36.8 Å². The van der Waals surface area contributed by atoms with Crippen LogP contribution in [0.3, 0.4) is 0 Å². The molecule has 0 N–H and O–H groups in total. The van der Waals surface area contributed by atoms with Crippen LogP contribution in [0.25, 0.3) is 6.08 Å². The maximum atomic E-state index is 13.9. The van der Waals surface area contributed by atoms with E-state index < -0.39 is 23.1 Å². The van der Waals surface area contributed by atoms with Gasteiger partial charge in [-0.25, -0.2) is 0 Å². The molecule has 0 saturated carbocycles. The molecule has 0 aliphatic carbocycles. The lowest BCUT2D eigenvalue weighted by molar-refractivity contribution is -0.385. The number of benzene rings is 2. The number of nitro benzene ring substituents is 1. The lowest BCUT2D eigenvalue weighted by Gasteiger charge is -2.29. The van der Waals surface area contributed by atoms with Gasteiger partial charge in [-0.2, -0.15) is 13.2 Å². The van der Waals surface area contributed by atoms with Crippen LogP contribution in [-0.4, -0.2) is 16.8 Å². The second kappa shape index (κ2) is 7.68. The first-order valence-corrected chi connectivity index (χ1v) is 8.99. The summed E-state index contributed by atoms with van der Waals surface area (Å²) in [5.41, 5.74) is -2.14. The Bertz CT molecular complexity index is 1020. The quantitative estimate of drug-likeness (QED) is 0.401. The third-order valence-electron chi connectivity index (χ3n) is 4.43. The molecule has 0 aromatic heterocycles. The van der Waals surface area contributed by atoms with Gasteiger partial charge in [0.15, 0.2) is 0 Å². The van der Waals surface area contributed by atoms with Crippen LogP contribution >= 0.6 is 23.2 Å². The molecule has 1 heterocycles. The molecule has 3 rings (SSSR count). The summed E-state index contributed by atoms with van der Waals surface area (Å²) < 4.78 is 41.7. The van der Waals surface area contributed by atoms with E-state index in [0.29, 0.717) is 11.1 Å². The monoisotopic (exact) mass is 444 g/mol. The van der Waals surface area contributed by atoms with Gasteiger partial charge in [0.2, 0.25) is 0 Å². The molecule has 29 heavy (non-hydrogen) atoms. The van der Waals surface area contributed by atoms with E-state index in [9.17, 15) is 23.3 Å². The minimum atomic E-state index is -4.79. The van der Waals surface area contributed by atoms with E-state index in [2.05, 4.69) is 5.16 Å². The van der Waals surface area contributed by atoms with Gasteiger partial charge in [-0.15, -0.1) is 0 Å². The number of aryl methyl sites for hydroxylation is 1. The molecule has 0 fully saturated rings. The third-order valence-corrected chi connectivity index (χ3v) is 4.87. The fourth-order valence-corrected chi connectivity index (χ4v) is 3.45. The molecule has 0 bridgehead atoms. The fraction of sp³-hybridized carbons (Fsp3) is 0.211. The average Bonchev–Trinajstić information content (AvgIpc) is 3.05. The number of nitro groups is 1. The highest BCUT2D eigenvalue weighted by Crippen LogP contribution is 2.49. The zero-order chi connectivity index (χ0) is 21.4. The molecule has 5 nitrogen and oxygen atoms in total. The van der Waals surface area contributed by atoms with E-state index >= 15 is 0 Å². The SMILES string of the molecule is Cc1ccc(/C=C/C2=NOC(c3cc(Cl)cc(Cl)c3)(C(F)(F)F)C2)cc1[N+](=O)[O-]. The van der Waals surface area contributed by atoms with E-state index in [4.69, 9.17) is 28.0 Å². The summed E-state index contributed by atoms with van der Waals surface area (Å²) in [6.07, 6.45) is -2.62. The Morgan fingerprint density at radius 2 is 1.83 bits per heavy atom. The fourth-order valence-electron chi connectivity index (χ4n) is 2.92. The van der Waals surface area contributed by atoms with E-state index in [1.807, 2.05) is 0 Å². The molecular formula is C19H13Cl2F3N2O3. The number of nitrogens with zero attached hydrogens (tertiary/aromatic N) is 2. The molecule has 152 valence electrons. The second-order valence-corrected chi connectivity index (χ2v) is 7.34. The van der Waals surface area contributed by atoms with Crippen LogP contribution in [0.4, 0.5) is 18.9 Å². The first kappa shape index (κ1) is 21.1. The van der Waals surface area contributed by atoms with Crippen molar-refractivity contribution in [3.05, 3.63) is 79.3 Å². The van der Waals surface area contributed by atoms with Crippen LogP contribution in [0.2, 0.25) is 10.0 Å². The summed E-state index contributed by atoms with van der Waals surface area (Å²) in [6, 6.07) is 8.08. The van der Waals surface area contributed by atoms with Crippen molar-refractivity contribution < 1.29 is 22.9 Å². The molecule has 1 atom stereocenters. The lowest BCUT2D eigenvalue weighted by atomic mass is 9.88. The molecule has 0 radical (unpaired) electrons. The number of rotatable bonds is 4. The minimum Gasteiger partial charge on any atom is -0.374 e. The zero-order valence-electron chi connectivity index (χ0n) is 14.8. The van der Waals surface area contributed by atoms with Crippen LogP contribution in [-0.2, 0) is 10.4 Å². The number of hydrogen-bond donors (Lipinski definition) is 0. The minimum absolute atomic E-state index is 0.0154. The summed E-state index contributed by atoms with van der Waals surface area (Å²) in [5.74, 6) is 0. The summed E-state index contributed by atoms with van der Waals surface area (Å²) in [7, 11) is 0. The largest absolute Gasteiger partial charge is 0.435 e. The topological polar surface area (TPSA) is 64.7 Å². The van der Waals surface area contributed by atoms with Crippen LogP contribution < -0.4 is 0 Å². The van der Waals surface area contributed by atoms with Crippen LogP contribution in [0, 0.1) is 17.0 Å². The second-order valence-electron chi connectivity index (χ2n) is 6.47. The molecule has 0 saturated heterocycles. The van der Waals surface area contributed by atoms with Crippen molar-refractivity contribution in [2.75, 3.05) is 0 Å². The molecule has 1 unspecified atom stereocenters. The van der Waals surface area contributed by atoms with Gasteiger partial charge >= 0.3 is 6.18 Å². The van der Waals surface area contributed by atoms with Gasteiger partial charge in [0.25, 0.3) is 11.3 Å². The maximum absolute atomic E-state index is 13.9. The molecule has 10 heteroatoms. The number of hydrogen-bond acceptors (Lipinski definition) is 4. The third kappa shape index (κ3) is 4.23. The normalized spacial score (nSPS) is 19.3. The number of oxime groups is 1. The van der Waals surface area contributed by atoms with Crippen LogP contribution in [0.15, 0.2) is 47.6 Å². The molecule has 1 aliphatic heterocycles. The highest BCUT2D eigenvalue weighted by atomic mass is 35.5. The number of halogens is 5. The van der Waals surface area contributed by atoms with Crippen molar-refractivity contribution in [2.24, 2.45) is 5.16 Å². The van der Waals surface area contributed by atoms with E-state index in [1.165, 1.54) is 24.3 Å².